The maximum Gasteiger partial charge on any atom is 0.224 e. The van der Waals surface area contributed by atoms with Gasteiger partial charge in [-0.1, -0.05) is 13.0 Å². The lowest BCUT2D eigenvalue weighted by Crippen LogP contribution is -2.33. The van der Waals surface area contributed by atoms with Crippen LogP contribution in [0.25, 0.3) is 5.69 Å². The van der Waals surface area contributed by atoms with Crippen molar-refractivity contribution < 1.29 is 9.18 Å². The zero-order valence-electron chi connectivity index (χ0n) is 13.1. The molecule has 2 rings (SSSR count). The average molecular weight is 304 g/mol. The molecular formula is C16H21FN4O. The van der Waals surface area contributed by atoms with Crippen LogP contribution in [0.5, 0.6) is 0 Å². The number of rotatable bonds is 6. The zero-order valence-corrected chi connectivity index (χ0v) is 13.1. The number of carbonyl (C=O) groups is 1. The van der Waals surface area contributed by atoms with Crippen LogP contribution in [0.3, 0.4) is 0 Å². The van der Waals surface area contributed by atoms with E-state index >= 15 is 0 Å². The van der Waals surface area contributed by atoms with E-state index in [1.54, 1.807) is 36.1 Å². The normalized spacial score (nSPS) is 12.2. The number of amides is 1. The van der Waals surface area contributed by atoms with E-state index in [1.165, 1.54) is 6.07 Å². The van der Waals surface area contributed by atoms with Gasteiger partial charge in [0, 0.05) is 31.4 Å². The number of benzene rings is 1. The predicted octanol–water partition coefficient (Wildman–Crippen LogP) is 1.79. The first-order valence-electron chi connectivity index (χ1n) is 7.24. The van der Waals surface area contributed by atoms with E-state index in [9.17, 15) is 9.18 Å². The highest BCUT2D eigenvalue weighted by Crippen LogP contribution is 2.16. The minimum atomic E-state index is -0.337. The first-order valence-corrected chi connectivity index (χ1v) is 7.24. The summed E-state index contributed by atoms with van der Waals surface area (Å²) in [5.41, 5.74) is 1.18. The summed E-state index contributed by atoms with van der Waals surface area (Å²) < 4.78 is 15.9. The van der Waals surface area contributed by atoms with Crippen molar-refractivity contribution in [2.24, 2.45) is 5.92 Å². The van der Waals surface area contributed by atoms with Gasteiger partial charge in [0.25, 0.3) is 0 Å². The molecule has 0 radical (unpaired) electrons. The Kier molecular flexibility index (Phi) is 5.27. The van der Waals surface area contributed by atoms with Crippen LogP contribution in [0.2, 0.25) is 0 Å². The third-order valence-corrected chi connectivity index (χ3v) is 3.52. The molecule has 5 nitrogen and oxygen atoms in total. The molecule has 0 saturated carbocycles. The maximum atomic E-state index is 14.2. The number of nitrogens with zero attached hydrogens (tertiary/aromatic N) is 2. The summed E-state index contributed by atoms with van der Waals surface area (Å²) in [6, 6.07) is 4.95. The number of nitrogens with one attached hydrogen (secondary N) is 2. The lowest BCUT2D eigenvalue weighted by atomic mass is 10.1. The van der Waals surface area contributed by atoms with Crippen LogP contribution in [0.4, 0.5) is 4.39 Å². The average Bonchev–Trinajstić information content (AvgIpc) is 2.91. The fraction of sp³-hybridized carbons (Fsp3) is 0.375. The van der Waals surface area contributed by atoms with Crippen molar-refractivity contribution in [2.75, 3.05) is 13.6 Å². The van der Waals surface area contributed by atoms with Gasteiger partial charge in [-0.3, -0.25) is 4.79 Å². The van der Waals surface area contributed by atoms with E-state index in [1.807, 2.05) is 13.8 Å². The highest BCUT2D eigenvalue weighted by molar-refractivity contribution is 5.78. The molecule has 0 bridgehead atoms. The summed E-state index contributed by atoms with van der Waals surface area (Å²) in [5, 5.41) is 5.77. The van der Waals surface area contributed by atoms with Gasteiger partial charge in [-0.2, -0.15) is 0 Å². The SMILES string of the molecule is CNCC(C)C(=O)NCc1ccc(-n2ccnc2C)c(F)c1. The number of aromatic nitrogens is 2. The molecule has 2 N–H and O–H groups in total. The van der Waals surface area contributed by atoms with Gasteiger partial charge in [-0.25, -0.2) is 9.37 Å². The van der Waals surface area contributed by atoms with Crippen LogP contribution in [0.1, 0.15) is 18.3 Å². The fourth-order valence-electron chi connectivity index (χ4n) is 2.25. The molecule has 0 aliphatic heterocycles. The van der Waals surface area contributed by atoms with Gasteiger partial charge in [0.1, 0.15) is 11.6 Å². The second-order valence-corrected chi connectivity index (χ2v) is 5.31. The van der Waals surface area contributed by atoms with Crippen LogP contribution in [0.15, 0.2) is 30.6 Å². The van der Waals surface area contributed by atoms with Crippen molar-refractivity contribution in [2.45, 2.75) is 20.4 Å². The lowest BCUT2D eigenvalue weighted by Gasteiger charge is -2.12. The van der Waals surface area contributed by atoms with Gasteiger partial charge in [-0.15, -0.1) is 0 Å². The monoisotopic (exact) mass is 304 g/mol. The first-order chi connectivity index (χ1) is 10.5. The number of hydrogen-bond donors (Lipinski definition) is 2. The first kappa shape index (κ1) is 16.2. The maximum absolute atomic E-state index is 14.2. The molecule has 1 amide bonds. The van der Waals surface area contributed by atoms with Gasteiger partial charge in [-0.05, 0) is 31.7 Å². The molecule has 118 valence electrons. The molecule has 0 fully saturated rings. The molecule has 1 aromatic heterocycles. The Morgan fingerprint density at radius 2 is 2.23 bits per heavy atom. The number of halogens is 1. The topological polar surface area (TPSA) is 59.0 Å². The Hall–Kier alpha value is -2.21. The second kappa shape index (κ2) is 7.17. The van der Waals surface area contributed by atoms with E-state index < -0.39 is 0 Å². The molecule has 0 aliphatic rings. The van der Waals surface area contributed by atoms with E-state index in [0.717, 1.165) is 11.4 Å². The van der Waals surface area contributed by atoms with Crippen LogP contribution in [0, 0.1) is 18.7 Å². The summed E-state index contributed by atoms with van der Waals surface area (Å²) in [4.78, 5) is 15.9. The molecule has 0 spiro atoms. The minimum Gasteiger partial charge on any atom is -0.352 e. The standard InChI is InChI=1S/C16H21FN4O/c1-11(9-18-3)16(22)20-10-13-4-5-15(14(17)8-13)21-7-6-19-12(21)2/h4-8,11,18H,9-10H2,1-3H3,(H,20,22). The summed E-state index contributed by atoms with van der Waals surface area (Å²) in [5.74, 6) is 0.212. The summed E-state index contributed by atoms with van der Waals surface area (Å²) in [6.45, 7) is 4.58. The van der Waals surface area contributed by atoms with Crippen molar-refractivity contribution in [1.82, 2.24) is 20.2 Å². The Labute approximate surface area is 129 Å². The third-order valence-electron chi connectivity index (χ3n) is 3.52. The van der Waals surface area contributed by atoms with Gasteiger partial charge in [0.05, 0.1) is 5.69 Å². The lowest BCUT2D eigenvalue weighted by molar-refractivity contribution is -0.124. The highest BCUT2D eigenvalue weighted by atomic mass is 19.1. The number of carbonyl (C=O) groups excluding carboxylic acids is 1. The van der Waals surface area contributed by atoms with E-state index in [0.29, 0.717) is 18.8 Å². The molecule has 1 atom stereocenters. The quantitative estimate of drug-likeness (QED) is 0.855. The van der Waals surface area contributed by atoms with Crippen molar-refractivity contribution in [3.8, 4) is 5.69 Å². The second-order valence-electron chi connectivity index (χ2n) is 5.31. The smallest absolute Gasteiger partial charge is 0.224 e. The van der Waals surface area contributed by atoms with E-state index in [4.69, 9.17) is 0 Å². The van der Waals surface area contributed by atoms with Crippen LogP contribution < -0.4 is 10.6 Å². The van der Waals surface area contributed by atoms with Crippen molar-refractivity contribution in [1.29, 1.82) is 0 Å². The van der Waals surface area contributed by atoms with Crippen LogP contribution in [-0.4, -0.2) is 29.1 Å². The Morgan fingerprint density at radius 3 is 2.82 bits per heavy atom. The summed E-state index contributed by atoms with van der Waals surface area (Å²) in [6.07, 6.45) is 3.35. The van der Waals surface area contributed by atoms with Crippen LogP contribution >= 0.6 is 0 Å². The predicted molar refractivity (Wildman–Crippen MR) is 83.2 cm³/mol. The molecule has 1 aromatic carbocycles. The summed E-state index contributed by atoms with van der Waals surface area (Å²) >= 11 is 0. The number of imidazole rings is 1. The van der Waals surface area contributed by atoms with Gasteiger partial charge in [0.15, 0.2) is 0 Å². The minimum absolute atomic E-state index is 0.0516. The van der Waals surface area contributed by atoms with Crippen LogP contribution in [-0.2, 0) is 11.3 Å². The van der Waals surface area contributed by atoms with Gasteiger partial charge in [0.2, 0.25) is 5.91 Å². The van der Waals surface area contributed by atoms with Crippen molar-refractivity contribution in [3.63, 3.8) is 0 Å². The third kappa shape index (κ3) is 3.71. The van der Waals surface area contributed by atoms with Gasteiger partial charge < -0.3 is 15.2 Å². The van der Waals surface area contributed by atoms with Gasteiger partial charge >= 0.3 is 0 Å². The Balaban J connectivity index is 2.04. The van der Waals surface area contributed by atoms with E-state index in [2.05, 4.69) is 15.6 Å². The molecule has 0 saturated heterocycles. The Bertz CT molecular complexity index is 653. The molecule has 6 heteroatoms. The molecule has 1 unspecified atom stereocenters. The molecule has 1 heterocycles. The largest absolute Gasteiger partial charge is 0.352 e. The van der Waals surface area contributed by atoms with Crippen molar-refractivity contribution in [3.05, 3.63) is 47.8 Å². The molecular weight excluding hydrogens is 283 g/mol. The molecule has 0 aliphatic carbocycles. The number of hydrogen-bond acceptors (Lipinski definition) is 3. The molecule has 22 heavy (non-hydrogen) atoms. The highest BCUT2D eigenvalue weighted by Gasteiger charge is 2.12. The van der Waals surface area contributed by atoms with E-state index in [-0.39, 0.29) is 17.6 Å². The number of aryl methyl sites for hydroxylation is 1. The molecule has 2 aromatic rings. The fourth-order valence-corrected chi connectivity index (χ4v) is 2.25. The summed E-state index contributed by atoms with van der Waals surface area (Å²) in [7, 11) is 1.80. The van der Waals surface area contributed by atoms with Crippen molar-refractivity contribution >= 4 is 5.91 Å². The zero-order chi connectivity index (χ0) is 16.1. The Morgan fingerprint density at radius 1 is 1.45 bits per heavy atom.